The number of ether oxygens (including phenoxy) is 1. The van der Waals surface area contributed by atoms with Crippen molar-refractivity contribution in [3.8, 4) is 0 Å². The summed E-state index contributed by atoms with van der Waals surface area (Å²) in [6.45, 7) is 6.58. The van der Waals surface area contributed by atoms with E-state index in [0.29, 0.717) is 12.2 Å². The first-order valence-corrected chi connectivity index (χ1v) is 6.88. The number of hydrogen-bond acceptors (Lipinski definition) is 4. The quantitative estimate of drug-likeness (QED) is 0.378. The van der Waals surface area contributed by atoms with Gasteiger partial charge in [-0.05, 0) is 48.0 Å². The second-order valence-corrected chi connectivity index (χ2v) is 6.02. The van der Waals surface area contributed by atoms with Crippen LogP contribution >= 0.6 is 15.9 Å². The van der Waals surface area contributed by atoms with Gasteiger partial charge in [-0.15, -0.1) is 0 Å². The zero-order valence-corrected chi connectivity index (χ0v) is 12.6. The highest BCUT2D eigenvalue weighted by atomic mass is 79.9. The number of hydrogen-bond donors (Lipinski definition) is 2. The normalized spacial score (nSPS) is 19.5. The van der Waals surface area contributed by atoms with Crippen molar-refractivity contribution in [3.63, 3.8) is 0 Å². The lowest BCUT2D eigenvalue weighted by molar-refractivity contribution is 0.0644. The first kappa shape index (κ1) is 14.1. The summed E-state index contributed by atoms with van der Waals surface area (Å²) in [5.41, 5.74) is 7.34. The van der Waals surface area contributed by atoms with Gasteiger partial charge >= 0.3 is 0 Å². The summed E-state index contributed by atoms with van der Waals surface area (Å²) in [5.74, 6) is 0.0969. The van der Waals surface area contributed by atoms with Crippen LogP contribution in [0.1, 0.15) is 19.4 Å². The minimum Gasteiger partial charge on any atom is -0.409 e. The second kappa shape index (κ2) is 5.38. The van der Waals surface area contributed by atoms with E-state index in [1.807, 2.05) is 18.2 Å². The number of anilines is 1. The monoisotopic (exact) mass is 327 g/mol. The van der Waals surface area contributed by atoms with Crippen LogP contribution in [0.4, 0.5) is 5.69 Å². The maximum absolute atomic E-state index is 8.73. The van der Waals surface area contributed by atoms with Crippen molar-refractivity contribution in [2.24, 2.45) is 10.9 Å². The highest BCUT2D eigenvalue weighted by Crippen LogP contribution is 2.30. The fourth-order valence-electron chi connectivity index (χ4n) is 2.27. The smallest absolute Gasteiger partial charge is 0.171 e. The molecule has 1 fully saturated rings. The molecule has 1 aromatic carbocycles. The highest BCUT2D eigenvalue weighted by molar-refractivity contribution is 9.10. The summed E-state index contributed by atoms with van der Waals surface area (Å²) in [6, 6.07) is 5.81. The van der Waals surface area contributed by atoms with E-state index in [1.165, 1.54) is 0 Å². The Labute approximate surface area is 121 Å². The maximum atomic E-state index is 8.73. The Morgan fingerprint density at radius 1 is 1.53 bits per heavy atom. The van der Waals surface area contributed by atoms with Gasteiger partial charge in [0.15, 0.2) is 5.84 Å². The number of benzene rings is 1. The maximum Gasteiger partial charge on any atom is 0.171 e. The van der Waals surface area contributed by atoms with Crippen molar-refractivity contribution in [1.29, 1.82) is 0 Å². The Bertz CT molecular complexity index is 503. The Balaban J connectivity index is 2.34. The van der Waals surface area contributed by atoms with Crippen LogP contribution in [0, 0.1) is 0 Å². The van der Waals surface area contributed by atoms with Gasteiger partial charge in [0, 0.05) is 22.3 Å². The zero-order chi connectivity index (χ0) is 14.0. The lowest BCUT2D eigenvalue weighted by Gasteiger charge is -2.44. The van der Waals surface area contributed by atoms with Crippen LogP contribution < -0.4 is 10.6 Å². The Morgan fingerprint density at radius 2 is 2.26 bits per heavy atom. The molecule has 0 amide bonds. The van der Waals surface area contributed by atoms with E-state index in [0.717, 1.165) is 23.3 Å². The molecule has 0 bridgehead atoms. The molecule has 0 atom stereocenters. The lowest BCUT2D eigenvalue weighted by atomic mass is 10.0. The molecule has 19 heavy (non-hydrogen) atoms. The summed E-state index contributed by atoms with van der Waals surface area (Å²) in [7, 11) is 0. The molecule has 0 radical (unpaired) electrons. The number of nitrogens with two attached hydrogens (primary N) is 1. The van der Waals surface area contributed by atoms with E-state index < -0.39 is 0 Å². The minimum atomic E-state index is -0.0458. The van der Waals surface area contributed by atoms with Crippen molar-refractivity contribution in [3.05, 3.63) is 28.2 Å². The Morgan fingerprint density at radius 3 is 2.84 bits per heavy atom. The van der Waals surface area contributed by atoms with Crippen molar-refractivity contribution >= 4 is 27.5 Å². The number of rotatable bonds is 2. The van der Waals surface area contributed by atoms with Gasteiger partial charge in [0.05, 0.1) is 18.8 Å². The fourth-order valence-corrected chi connectivity index (χ4v) is 2.84. The predicted octanol–water partition coefficient (Wildman–Crippen LogP) is 2.16. The van der Waals surface area contributed by atoms with Crippen LogP contribution in [-0.4, -0.2) is 36.3 Å². The summed E-state index contributed by atoms with van der Waals surface area (Å²) >= 11 is 3.46. The Hall–Kier alpha value is -1.27. The van der Waals surface area contributed by atoms with Gasteiger partial charge in [-0.25, -0.2) is 0 Å². The molecule has 1 aliphatic rings. The van der Waals surface area contributed by atoms with Crippen LogP contribution in [0.5, 0.6) is 0 Å². The van der Waals surface area contributed by atoms with Crippen molar-refractivity contribution < 1.29 is 9.94 Å². The molecule has 6 heteroatoms. The third-order valence-corrected chi connectivity index (χ3v) is 3.95. The fraction of sp³-hybridized carbons (Fsp3) is 0.462. The van der Waals surface area contributed by atoms with Crippen LogP contribution in [0.2, 0.25) is 0 Å². The molecular weight excluding hydrogens is 310 g/mol. The molecule has 0 unspecified atom stereocenters. The molecule has 1 heterocycles. The highest BCUT2D eigenvalue weighted by Gasteiger charge is 2.30. The molecule has 104 valence electrons. The van der Waals surface area contributed by atoms with Gasteiger partial charge in [-0.2, -0.15) is 0 Å². The third kappa shape index (κ3) is 2.84. The summed E-state index contributed by atoms with van der Waals surface area (Å²) in [5, 5.41) is 11.8. The average molecular weight is 328 g/mol. The topological polar surface area (TPSA) is 71.1 Å². The average Bonchev–Trinajstić information content (AvgIpc) is 2.37. The van der Waals surface area contributed by atoms with Gasteiger partial charge in [0.25, 0.3) is 0 Å². The molecule has 1 aliphatic heterocycles. The van der Waals surface area contributed by atoms with E-state index in [1.54, 1.807) is 0 Å². The van der Waals surface area contributed by atoms with Gasteiger partial charge in [-0.3, -0.25) is 0 Å². The standard InChI is InChI=1S/C13H18BrN3O2/c1-13(2)8-19-6-5-17(13)9-3-4-10(11(14)7-9)12(15)16-18/h3-4,7,18H,5-6,8H2,1-2H3,(H2,15,16). The first-order chi connectivity index (χ1) is 8.95. The van der Waals surface area contributed by atoms with Gasteiger partial charge in [0.2, 0.25) is 0 Å². The largest absolute Gasteiger partial charge is 0.409 e. The molecule has 1 aromatic rings. The summed E-state index contributed by atoms with van der Waals surface area (Å²) in [6.07, 6.45) is 0. The molecule has 0 aromatic heterocycles. The molecule has 5 nitrogen and oxygen atoms in total. The number of nitrogens with zero attached hydrogens (tertiary/aromatic N) is 2. The van der Waals surface area contributed by atoms with Crippen molar-refractivity contribution in [2.45, 2.75) is 19.4 Å². The van der Waals surface area contributed by atoms with Crippen molar-refractivity contribution in [1.82, 2.24) is 0 Å². The molecule has 1 saturated heterocycles. The van der Waals surface area contributed by atoms with Gasteiger partial charge in [-0.1, -0.05) is 5.16 Å². The number of amidine groups is 1. The number of morpholine rings is 1. The third-order valence-electron chi connectivity index (χ3n) is 3.29. The molecule has 0 aliphatic carbocycles. The van der Waals surface area contributed by atoms with Crippen LogP contribution in [-0.2, 0) is 4.74 Å². The van der Waals surface area contributed by atoms with Crippen LogP contribution in [0.3, 0.4) is 0 Å². The SMILES string of the molecule is CC1(C)COCCN1c1ccc(/C(N)=N/O)c(Br)c1. The molecule has 3 N–H and O–H groups in total. The van der Waals surface area contributed by atoms with Gasteiger partial charge in [0.1, 0.15) is 0 Å². The van der Waals surface area contributed by atoms with Crippen LogP contribution in [0.25, 0.3) is 0 Å². The number of oxime groups is 1. The van der Waals surface area contributed by atoms with E-state index in [2.05, 4.69) is 39.8 Å². The molecule has 0 spiro atoms. The van der Waals surface area contributed by atoms with E-state index in [9.17, 15) is 0 Å². The summed E-state index contributed by atoms with van der Waals surface area (Å²) in [4.78, 5) is 2.30. The zero-order valence-electron chi connectivity index (χ0n) is 11.1. The number of halogens is 1. The molecular formula is C13H18BrN3O2. The molecule has 2 rings (SSSR count). The first-order valence-electron chi connectivity index (χ1n) is 6.08. The van der Waals surface area contributed by atoms with E-state index in [-0.39, 0.29) is 11.4 Å². The minimum absolute atomic E-state index is 0.0458. The predicted molar refractivity (Wildman–Crippen MR) is 78.9 cm³/mol. The lowest BCUT2D eigenvalue weighted by Crippen LogP contribution is -2.53. The Kier molecular flexibility index (Phi) is 4.01. The molecule has 0 saturated carbocycles. The second-order valence-electron chi connectivity index (χ2n) is 5.17. The van der Waals surface area contributed by atoms with Crippen molar-refractivity contribution in [2.75, 3.05) is 24.7 Å². The van der Waals surface area contributed by atoms with Gasteiger partial charge < -0.3 is 20.6 Å². The summed E-state index contributed by atoms with van der Waals surface area (Å²) < 4.78 is 6.33. The van der Waals surface area contributed by atoms with E-state index >= 15 is 0 Å². The van der Waals surface area contributed by atoms with Crippen LogP contribution in [0.15, 0.2) is 27.8 Å². The van der Waals surface area contributed by atoms with E-state index in [4.69, 9.17) is 15.7 Å².